The minimum atomic E-state index is -0.0816. The van der Waals surface area contributed by atoms with E-state index in [4.69, 9.17) is 9.47 Å². The van der Waals surface area contributed by atoms with Crippen LogP contribution in [0.15, 0.2) is 42.5 Å². The summed E-state index contributed by atoms with van der Waals surface area (Å²) >= 11 is 0. The fourth-order valence-corrected chi connectivity index (χ4v) is 4.78. The Bertz CT molecular complexity index is 992. The van der Waals surface area contributed by atoms with Crippen molar-refractivity contribution < 1.29 is 19.4 Å². The van der Waals surface area contributed by atoms with E-state index in [1.165, 1.54) is 0 Å². The second kappa shape index (κ2) is 9.54. The van der Waals surface area contributed by atoms with Crippen LogP contribution in [0.1, 0.15) is 30.4 Å². The zero-order valence-corrected chi connectivity index (χ0v) is 18.8. The minimum Gasteiger partial charge on any atom is -0.502 e. The molecule has 32 heavy (non-hydrogen) atoms. The van der Waals surface area contributed by atoms with Crippen LogP contribution in [0.5, 0.6) is 17.2 Å². The van der Waals surface area contributed by atoms with E-state index in [1.54, 1.807) is 14.2 Å². The lowest BCUT2D eigenvalue weighted by molar-refractivity contribution is -0.127. The molecule has 1 N–H and O–H groups in total. The Morgan fingerprint density at radius 2 is 1.66 bits per heavy atom. The average molecular weight is 435 g/mol. The van der Waals surface area contributed by atoms with Crippen LogP contribution in [0.25, 0.3) is 0 Å². The predicted molar refractivity (Wildman–Crippen MR) is 123 cm³/mol. The van der Waals surface area contributed by atoms with E-state index in [1.807, 2.05) is 47.4 Å². The van der Waals surface area contributed by atoms with Crippen LogP contribution in [-0.2, 0) is 11.3 Å². The highest BCUT2D eigenvalue weighted by Gasteiger charge is 2.41. The molecule has 2 saturated heterocycles. The number of piperidine rings is 1. The Labute approximate surface area is 189 Å². The minimum absolute atomic E-state index is 0.0315. The second-order valence-corrected chi connectivity index (χ2v) is 8.72. The van der Waals surface area contributed by atoms with Gasteiger partial charge in [-0.05, 0) is 61.1 Å². The number of hydrogen-bond donors (Lipinski definition) is 1. The van der Waals surface area contributed by atoms with E-state index in [0.29, 0.717) is 11.5 Å². The summed E-state index contributed by atoms with van der Waals surface area (Å²) in [7, 11) is 3.09. The predicted octanol–water partition coefficient (Wildman–Crippen LogP) is 3.28. The van der Waals surface area contributed by atoms with Gasteiger partial charge in [-0.1, -0.05) is 24.1 Å². The van der Waals surface area contributed by atoms with Crippen molar-refractivity contribution in [1.29, 1.82) is 0 Å². The molecule has 0 bridgehead atoms. The Kier molecular flexibility index (Phi) is 6.57. The van der Waals surface area contributed by atoms with Gasteiger partial charge in [-0.25, -0.2) is 0 Å². The maximum absolute atomic E-state index is 12.5. The van der Waals surface area contributed by atoms with Gasteiger partial charge in [0, 0.05) is 37.7 Å². The first-order valence-corrected chi connectivity index (χ1v) is 11.0. The van der Waals surface area contributed by atoms with Crippen molar-refractivity contribution >= 4 is 5.91 Å². The highest BCUT2D eigenvalue weighted by molar-refractivity contribution is 5.94. The van der Waals surface area contributed by atoms with E-state index in [0.717, 1.165) is 63.1 Å². The number of likely N-dealkylation sites (tertiary alicyclic amines) is 2. The van der Waals surface area contributed by atoms with Gasteiger partial charge < -0.3 is 19.5 Å². The number of carbonyl (C=O) groups excluding carboxylic acids is 1. The van der Waals surface area contributed by atoms with Crippen molar-refractivity contribution in [2.45, 2.75) is 25.8 Å². The van der Waals surface area contributed by atoms with Gasteiger partial charge in [-0.3, -0.25) is 9.69 Å². The molecule has 6 heteroatoms. The van der Waals surface area contributed by atoms with Gasteiger partial charge in [0.2, 0.25) is 5.75 Å². The van der Waals surface area contributed by atoms with Crippen LogP contribution in [0.2, 0.25) is 0 Å². The molecular weight excluding hydrogens is 404 g/mol. The molecule has 0 atom stereocenters. The Hall–Kier alpha value is -3.17. The third kappa shape index (κ3) is 4.84. The van der Waals surface area contributed by atoms with Crippen LogP contribution in [0, 0.1) is 17.3 Å². The molecule has 2 aromatic rings. The summed E-state index contributed by atoms with van der Waals surface area (Å²) in [5, 5.41) is 10.1. The van der Waals surface area contributed by atoms with Crippen molar-refractivity contribution in [2.24, 2.45) is 5.41 Å². The summed E-state index contributed by atoms with van der Waals surface area (Å²) in [6, 6.07) is 13.4. The molecule has 2 heterocycles. The molecule has 2 aliphatic rings. The largest absolute Gasteiger partial charge is 0.502 e. The molecule has 0 unspecified atom stereocenters. The van der Waals surface area contributed by atoms with Crippen molar-refractivity contribution in [1.82, 2.24) is 9.80 Å². The summed E-state index contributed by atoms with van der Waals surface area (Å²) in [6.07, 6.45) is 3.14. The monoisotopic (exact) mass is 434 g/mol. The Morgan fingerprint density at radius 3 is 2.28 bits per heavy atom. The number of rotatable bonds is 4. The topological polar surface area (TPSA) is 62.2 Å². The number of methoxy groups -OCH3 is 2. The van der Waals surface area contributed by atoms with Crippen molar-refractivity contribution in [3.8, 4) is 29.1 Å². The summed E-state index contributed by atoms with van der Waals surface area (Å²) in [5.41, 5.74) is 2.18. The molecule has 2 aromatic carbocycles. The van der Waals surface area contributed by atoms with Gasteiger partial charge >= 0.3 is 0 Å². The standard InChI is InChI=1S/C26H30N2O4/c1-31-22-16-21(17-23(32-2)25(22)30)18-27-13-10-26(19-27)11-14-28(15-12-26)24(29)9-8-20-6-4-3-5-7-20/h3-7,16-17,30H,10-15,18-19H2,1-2H3. The van der Waals surface area contributed by atoms with Crippen LogP contribution in [-0.4, -0.2) is 61.2 Å². The molecule has 0 aliphatic carbocycles. The SMILES string of the molecule is COc1cc(CN2CCC3(CCN(C(=O)C#Cc4ccccc4)CC3)C2)cc(OC)c1O. The fourth-order valence-electron chi connectivity index (χ4n) is 4.78. The Morgan fingerprint density at radius 1 is 1.03 bits per heavy atom. The normalized spacial score (nSPS) is 17.6. The van der Waals surface area contributed by atoms with Gasteiger partial charge in [0.05, 0.1) is 14.2 Å². The van der Waals surface area contributed by atoms with Gasteiger partial charge in [0.15, 0.2) is 11.5 Å². The lowest BCUT2D eigenvalue weighted by Crippen LogP contribution is -2.43. The zero-order chi connectivity index (χ0) is 22.6. The van der Waals surface area contributed by atoms with Gasteiger partial charge in [0.1, 0.15) is 0 Å². The molecule has 1 spiro atoms. The zero-order valence-electron chi connectivity index (χ0n) is 18.8. The van der Waals surface area contributed by atoms with Crippen LogP contribution in [0.3, 0.4) is 0 Å². The number of benzene rings is 2. The number of amides is 1. The van der Waals surface area contributed by atoms with Gasteiger partial charge in [0.25, 0.3) is 5.91 Å². The van der Waals surface area contributed by atoms with Crippen molar-refractivity contribution in [2.75, 3.05) is 40.4 Å². The maximum Gasteiger partial charge on any atom is 0.298 e. The quantitative estimate of drug-likeness (QED) is 0.749. The van der Waals surface area contributed by atoms with E-state index in [-0.39, 0.29) is 17.1 Å². The molecule has 0 saturated carbocycles. The molecule has 168 valence electrons. The molecule has 2 fully saturated rings. The van der Waals surface area contributed by atoms with Crippen LogP contribution in [0.4, 0.5) is 0 Å². The molecule has 2 aliphatic heterocycles. The third-order valence-electron chi connectivity index (χ3n) is 6.66. The van der Waals surface area contributed by atoms with E-state index < -0.39 is 0 Å². The summed E-state index contributed by atoms with van der Waals surface area (Å²) in [5.74, 6) is 6.57. The van der Waals surface area contributed by atoms with Crippen LogP contribution >= 0.6 is 0 Å². The van der Waals surface area contributed by atoms with E-state index in [2.05, 4.69) is 16.7 Å². The number of carbonyl (C=O) groups is 1. The first kappa shape index (κ1) is 22.0. The number of hydrogen-bond acceptors (Lipinski definition) is 5. The summed E-state index contributed by atoms with van der Waals surface area (Å²) < 4.78 is 10.6. The van der Waals surface area contributed by atoms with Crippen molar-refractivity contribution in [3.05, 3.63) is 53.6 Å². The summed E-state index contributed by atoms with van der Waals surface area (Å²) in [6.45, 7) is 4.33. The molecule has 4 rings (SSSR count). The fraction of sp³-hybridized carbons (Fsp3) is 0.423. The second-order valence-electron chi connectivity index (χ2n) is 8.72. The molecular formula is C26H30N2O4. The van der Waals surface area contributed by atoms with E-state index >= 15 is 0 Å². The highest BCUT2D eigenvalue weighted by Crippen LogP contribution is 2.42. The summed E-state index contributed by atoms with van der Waals surface area (Å²) in [4.78, 5) is 16.9. The third-order valence-corrected chi connectivity index (χ3v) is 6.66. The first-order valence-electron chi connectivity index (χ1n) is 11.0. The lowest BCUT2D eigenvalue weighted by Gasteiger charge is -2.38. The lowest BCUT2D eigenvalue weighted by atomic mass is 9.78. The van der Waals surface area contributed by atoms with Crippen molar-refractivity contribution in [3.63, 3.8) is 0 Å². The number of nitrogens with zero attached hydrogens (tertiary/aromatic N) is 2. The maximum atomic E-state index is 12.5. The molecule has 6 nitrogen and oxygen atoms in total. The highest BCUT2D eigenvalue weighted by atomic mass is 16.5. The average Bonchev–Trinajstić information content (AvgIpc) is 3.21. The Balaban J connectivity index is 1.33. The molecule has 0 radical (unpaired) electrons. The first-order chi connectivity index (χ1) is 15.5. The molecule has 0 aromatic heterocycles. The smallest absolute Gasteiger partial charge is 0.298 e. The number of phenols is 1. The number of ether oxygens (including phenoxy) is 2. The van der Waals surface area contributed by atoms with Gasteiger partial charge in [-0.2, -0.15) is 0 Å². The number of aromatic hydroxyl groups is 1. The van der Waals surface area contributed by atoms with Crippen LogP contribution < -0.4 is 9.47 Å². The van der Waals surface area contributed by atoms with E-state index in [9.17, 15) is 9.90 Å². The number of phenolic OH excluding ortho intramolecular Hbond substituents is 1. The van der Waals surface area contributed by atoms with Gasteiger partial charge in [-0.15, -0.1) is 0 Å². The molecule has 1 amide bonds.